The summed E-state index contributed by atoms with van der Waals surface area (Å²) in [5, 5.41) is 2.75. The van der Waals surface area contributed by atoms with Crippen LogP contribution in [0.1, 0.15) is 16.1 Å². The van der Waals surface area contributed by atoms with Gasteiger partial charge in [-0.25, -0.2) is 14.2 Å². The highest BCUT2D eigenvalue weighted by atomic mass is 19.1. The Hall–Kier alpha value is -4.20. The Morgan fingerprint density at radius 1 is 1.07 bits per heavy atom. The number of imidazole rings is 1. The van der Waals surface area contributed by atoms with E-state index in [2.05, 4.69) is 15.3 Å². The summed E-state index contributed by atoms with van der Waals surface area (Å²) in [5.41, 5.74) is 2.13. The van der Waals surface area contributed by atoms with Gasteiger partial charge < -0.3 is 15.0 Å². The van der Waals surface area contributed by atoms with Crippen LogP contribution in [-0.4, -0.2) is 20.4 Å². The first-order valence-electron chi connectivity index (χ1n) is 9.08. The lowest BCUT2D eigenvalue weighted by Gasteiger charge is -2.08. The quantitative estimate of drug-likeness (QED) is 0.525. The van der Waals surface area contributed by atoms with Crippen LogP contribution in [0.15, 0.2) is 77.9 Å². The van der Waals surface area contributed by atoms with Gasteiger partial charge in [-0.3, -0.25) is 9.36 Å². The fourth-order valence-corrected chi connectivity index (χ4v) is 2.88. The van der Waals surface area contributed by atoms with Crippen molar-refractivity contribution in [1.82, 2.24) is 14.5 Å². The fraction of sp³-hybridized carbons (Fsp3) is 0.0455. The highest BCUT2D eigenvalue weighted by Gasteiger charge is 2.09. The number of nitrogens with zero attached hydrogens (tertiary/aromatic N) is 2. The number of aromatic nitrogens is 3. The molecule has 0 aliphatic carbocycles. The van der Waals surface area contributed by atoms with Crippen LogP contribution in [-0.2, 0) is 0 Å². The van der Waals surface area contributed by atoms with Gasteiger partial charge in [0.05, 0.1) is 17.6 Å². The van der Waals surface area contributed by atoms with E-state index in [1.54, 1.807) is 42.6 Å². The molecule has 150 valence electrons. The van der Waals surface area contributed by atoms with Crippen LogP contribution in [0, 0.1) is 12.7 Å². The molecule has 2 heterocycles. The molecule has 8 heteroatoms. The molecule has 4 rings (SSSR count). The van der Waals surface area contributed by atoms with E-state index in [1.807, 2.05) is 6.92 Å². The first kappa shape index (κ1) is 19.1. The number of amides is 1. The molecule has 4 aromatic rings. The maximum absolute atomic E-state index is 12.9. The Morgan fingerprint density at radius 3 is 2.40 bits per heavy atom. The summed E-state index contributed by atoms with van der Waals surface area (Å²) in [6.07, 6.45) is 3.09. The van der Waals surface area contributed by atoms with E-state index in [0.717, 1.165) is 5.69 Å². The molecule has 0 saturated carbocycles. The minimum Gasteiger partial charge on any atom is -0.439 e. The molecule has 0 bridgehead atoms. The number of aromatic amines is 1. The van der Waals surface area contributed by atoms with Crippen molar-refractivity contribution in [3.05, 3.63) is 101 Å². The smallest absolute Gasteiger partial charge is 0.330 e. The monoisotopic (exact) mass is 404 g/mol. The third kappa shape index (κ3) is 4.12. The number of nitrogens with one attached hydrogen (secondary N) is 2. The second-order valence-electron chi connectivity index (χ2n) is 6.51. The molecule has 0 atom stereocenters. The van der Waals surface area contributed by atoms with Gasteiger partial charge in [-0.1, -0.05) is 0 Å². The van der Waals surface area contributed by atoms with E-state index in [4.69, 9.17) is 4.74 Å². The number of anilines is 1. The van der Waals surface area contributed by atoms with Crippen molar-refractivity contribution in [1.29, 1.82) is 0 Å². The Balaban J connectivity index is 1.42. The molecule has 0 unspecified atom stereocenters. The van der Waals surface area contributed by atoms with Gasteiger partial charge >= 0.3 is 5.69 Å². The lowest BCUT2D eigenvalue weighted by atomic mass is 10.2. The molecule has 0 spiro atoms. The van der Waals surface area contributed by atoms with Gasteiger partial charge in [-0.2, -0.15) is 0 Å². The van der Waals surface area contributed by atoms with Crippen molar-refractivity contribution in [3.63, 3.8) is 0 Å². The Bertz CT molecular complexity index is 1230. The van der Waals surface area contributed by atoms with E-state index in [1.165, 1.54) is 35.0 Å². The van der Waals surface area contributed by atoms with E-state index >= 15 is 0 Å². The van der Waals surface area contributed by atoms with Gasteiger partial charge in [0.25, 0.3) is 5.91 Å². The number of benzene rings is 2. The topological polar surface area (TPSA) is 89.0 Å². The van der Waals surface area contributed by atoms with Crippen molar-refractivity contribution in [2.75, 3.05) is 5.32 Å². The zero-order valence-electron chi connectivity index (χ0n) is 15.9. The molecule has 2 aromatic heterocycles. The second-order valence-corrected chi connectivity index (χ2v) is 6.51. The van der Waals surface area contributed by atoms with Crippen LogP contribution in [0.4, 0.5) is 10.1 Å². The average Bonchev–Trinajstić information content (AvgIpc) is 3.09. The molecule has 30 heavy (non-hydrogen) atoms. The number of hydrogen-bond donors (Lipinski definition) is 2. The first-order chi connectivity index (χ1) is 14.5. The highest BCUT2D eigenvalue weighted by molar-refractivity contribution is 6.04. The summed E-state index contributed by atoms with van der Waals surface area (Å²) in [7, 11) is 0. The molecular formula is C22H17FN4O3. The molecule has 1 amide bonds. The Kier molecular flexibility index (Phi) is 5.13. The summed E-state index contributed by atoms with van der Waals surface area (Å²) in [4.78, 5) is 31.1. The average molecular weight is 404 g/mol. The molecule has 2 N–H and O–H groups in total. The summed E-state index contributed by atoms with van der Waals surface area (Å²) >= 11 is 0. The maximum atomic E-state index is 12.9. The van der Waals surface area contributed by atoms with E-state index < -0.39 is 0 Å². The summed E-state index contributed by atoms with van der Waals surface area (Å²) < 4.78 is 20.0. The molecule has 0 radical (unpaired) electrons. The second kappa shape index (κ2) is 8.04. The van der Waals surface area contributed by atoms with Crippen molar-refractivity contribution < 1.29 is 13.9 Å². The van der Waals surface area contributed by atoms with E-state index in [9.17, 15) is 14.0 Å². The van der Waals surface area contributed by atoms with Crippen LogP contribution in [0.2, 0.25) is 0 Å². The van der Waals surface area contributed by atoms with Gasteiger partial charge in [0.15, 0.2) is 0 Å². The fourth-order valence-electron chi connectivity index (χ4n) is 2.88. The number of carbonyl (C=O) groups is 1. The number of carbonyl (C=O) groups excluding carboxylic acids is 1. The SMILES string of the molecule is Cc1c[nH]c(=O)n1-c1ccc(C(=O)Nc2ccc(Oc3ccc(F)cc3)nc2)cc1. The molecule has 0 aliphatic heterocycles. The van der Waals surface area contributed by atoms with Gasteiger partial charge in [-0.05, 0) is 61.5 Å². The molecule has 0 saturated heterocycles. The predicted molar refractivity (Wildman–Crippen MR) is 110 cm³/mol. The van der Waals surface area contributed by atoms with Crippen LogP contribution in [0.3, 0.4) is 0 Å². The van der Waals surface area contributed by atoms with Gasteiger partial charge in [-0.15, -0.1) is 0 Å². The minimum absolute atomic E-state index is 0.237. The number of pyridine rings is 1. The molecular weight excluding hydrogens is 387 g/mol. The summed E-state index contributed by atoms with van der Waals surface area (Å²) in [5.74, 6) is 0.110. The lowest BCUT2D eigenvalue weighted by Crippen LogP contribution is -2.16. The third-order valence-corrected chi connectivity index (χ3v) is 4.38. The number of ether oxygens (including phenoxy) is 1. The lowest BCUT2D eigenvalue weighted by molar-refractivity contribution is 0.102. The van der Waals surface area contributed by atoms with Gasteiger partial charge in [0.2, 0.25) is 5.88 Å². The Labute approximate surface area is 170 Å². The molecule has 0 fully saturated rings. The van der Waals surface area contributed by atoms with Crippen molar-refractivity contribution >= 4 is 11.6 Å². The Morgan fingerprint density at radius 2 is 1.80 bits per heavy atom. The zero-order chi connectivity index (χ0) is 21.1. The first-order valence-corrected chi connectivity index (χ1v) is 9.08. The van der Waals surface area contributed by atoms with Crippen LogP contribution < -0.4 is 15.7 Å². The summed E-state index contributed by atoms with van der Waals surface area (Å²) in [6, 6.07) is 15.5. The van der Waals surface area contributed by atoms with Crippen LogP contribution in [0.5, 0.6) is 11.6 Å². The van der Waals surface area contributed by atoms with Gasteiger partial charge in [0.1, 0.15) is 11.6 Å². The minimum atomic E-state index is -0.350. The maximum Gasteiger partial charge on any atom is 0.330 e. The predicted octanol–water partition coefficient (Wildman–Crippen LogP) is 4.05. The van der Waals surface area contributed by atoms with Gasteiger partial charge in [0, 0.05) is 23.5 Å². The number of H-pyrrole nitrogens is 1. The molecule has 2 aromatic carbocycles. The highest BCUT2D eigenvalue weighted by Crippen LogP contribution is 2.21. The number of rotatable bonds is 5. The van der Waals surface area contributed by atoms with Crippen molar-refractivity contribution in [2.24, 2.45) is 0 Å². The largest absolute Gasteiger partial charge is 0.439 e. The van der Waals surface area contributed by atoms with Crippen molar-refractivity contribution in [3.8, 4) is 17.3 Å². The zero-order valence-corrected chi connectivity index (χ0v) is 15.9. The van der Waals surface area contributed by atoms with E-state index in [-0.39, 0.29) is 17.4 Å². The number of hydrogen-bond acceptors (Lipinski definition) is 4. The number of aryl methyl sites for hydroxylation is 1. The van der Waals surface area contributed by atoms with Crippen LogP contribution in [0.25, 0.3) is 5.69 Å². The van der Waals surface area contributed by atoms with Crippen molar-refractivity contribution in [2.45, 2.75) is 6.92 Å². The summed E-state index contributed by atoms with van der Waals surface area (Å²) in [6.45, 7) is 1.81. The number of halogens is 1. The normalized spacial score (nSPS) is 10.6. The molecule has 7 nitrogen and oxygen atoms in total. The third-order valence-electron chi connectivity index (χ3n) is 4.38. The van der Waals surface area contributed by atoms with Crippen LogP contribution >= 0.6 is 0 Å². The standard InChI is InChI=1S/C22H17FN4O3/c1-14-12-25-22(29)27(14)18-7-2-15(3-8-18)21(28)26-17-6-11-20(24-13-17)30-19-9-4-16(23)5-10-19/h2-13H,1H3,(H,25,29)(H,26,28). The van der Waals surface area contributed by atoms with E-state index in [0.29, 0.717) is 28.6 Å². The molecule has 0 aliphatic rings.